The molecule has 1 aliphatic heterocycles. The third-order valence-electron chi connectivity index (χ3n) is 5.33. The summed E-state index contributed by atoms with van der Waals surface area (Å²) in [6.45, 7) is 2.69. The summed E-state index contributed by atoms with van der Waals surface area (Å²) in [5, 5.41) is 2.29. The Morgan fingerprint density at radius 1 is 1.34 bits per heavy atom. The van der Waals surface area contributed by atoms with Gasteiger partial charge in [0.15, 0.2) is 12.6 Å². The number of sulfonamides is 1. The minimum absolute atomic E-state index is 0.0268. The molecule has 0 aromatic carbocycles. The number of ether oxygens (including phenoxy) is 1. The van der Waals surface area contributed by atoms with Gasteiger partial charge in [-0.1, -0.05) is 13.0 Å². The number of quaternary nitrogens is 1. The number of primary amides is 1. The highest BCUT2D eigenvalue weighted by molar-refractivity contribution is 7.86. The van der Waals surface area contributed by atoms with E-state index in [1.165, 1.54) is 31.3 Å². The zero-order valence-corrected chi connectivity index (χ0v) is 19.0. The van der Waals surface area contributed by atoms with Crippen LogP contribution in [-0.2, 0) is 29.1 Å². The Bertz CT molecular complexity index is 967. The fourth-order valence-corrected chi connectivity index (χ4v) is 5.15. The van der Waals surface area contributed by atoms with E-state index < -0.39 is 44.3 Å². The van der Waals surface area contributed by atoms with Gasteiger partial charge in [-0.3, -0.25) is 14.4 Å². The highest BCUT2D eigenvalue weighted by atomic mass is 32.2. The van der Waals surface area contributed by atoms with Crippen LogP contribution in [0, 0.1) is 5.92 Å². The Kier molecular flexibility index (Phi) is 8.44. The number of pyridine rings is 1. The number of ketones is 1. The quantitative estimate of drug-likeness (QED) is 0.410. The van der Waals surface area contributed by atoms with Gasteiger partial charge in [-0.2, -0.15) is 8.42 Å². The van der Waals surface area contributed by atoms with Crippen LogP contribution in [0.2, 0.25) is 0 Å². The van der Waals surface area contributed by atoms with Crippen LogP contribution in [0.15, 0.2) is 29.4 Å². The molecule has 176 valence electrons. The molecule has 3 unspecified atom stereocenters. The SMILES string of the molecule is CC(=O)NCC(C)CCC(=O)OC1CCC[N+](C(N)=O)(S(=O)(=O)c2ccccn2)CC1=O. The van der Waals surface area contributed by atoms with Crippen molar-refractivity contribution in [3.63, 3.8) is 0 Å². The molecule has 1 fully saturated rings. The number of carbonyl (C=O) groups is 4. The van der Waals surface area contributed by atoms with Crippen LogP contribution in [0.5, 0.6) is 0 Å². The van der Waals surface area contributed by atoms with Gasteiger partial charge in [0.1, 0.15) is 6.54 Å². The number of urea groups is 1. The molecule has 0 aliphatic carbocycles. The highest BCUT2D eigenvalue weighted by Crippen LogP contribution is 2.28. The predicted molar refractivity (Wildman–Crippen MR) is 112 cm³/mol. The number of nitrogens with zero attached hydrogens (tertiary/aromatic N) is 2. The van der Waals surface area contributed by atoms with Gasteiger partial charge in [0.2, 0.25) is 16.7 Å². The lowest BCUT2D eigenvalue weighted by Crippen LogP contribution is -2.61. The van der Waals surface area contributed by atoms with E-state index in [4.69, 9.17) is 10.5 Å². The van der Waals surface area contributed by atoms with Gasteiger partial charge in [-0.25, -0.2) is 9.78 Å². The Morgan fingerprint density at radius 3 is 2.66 bits per heavy atom. The molecule has 12 heteroatoms. The second-order valence-corrected chi connectivity index (χ2v) is 9.99. The lowest BCUT2D eigenvalue weighted by molar-refractivity contribution is -0.710. The minimum atomic E-state index is -4.41. The van der Waals surface area contributed by atoms with Gasteiger partial charge in [-0.05, 0) is 30.9 Å². The zero-order valence-electron chi connectivity index (χ0n) is 18.2. The van der Waals surface area contributed by atoms with Gasteiger partial charge >= 0.3 is 22.0 Å². The van der Waals surface area contributed by atoms with Crippen LogP contribution in [0.25, 0.3) is 0 Å². The topological polar surface area (TPSA) is 163 Å². The summed E-state index contributed by atoms with van der Waals surface area (Å²) in [6, 6.07) is 3.01. The first-order chi connectivity index (χ1) is 15.0. The number of esters is 1. The second-order valence-electron chi connectivity index (χ2n) is 7.92. The number of hydrogen-bond acceptors (Lipinski definition) is 8. The highest BCUT2D eigenvalue weighted by Gasteiger charge is 2.53. The fourth-order valence-electron chi connectivity index (χ4n) is 3.44. The maximum atomic E-state index is 13.2. The van der Waals surface area contributed by atoms with Gasteiger partial charge < -0.3 is 15.8 Å². The number of aromatic nitrogens is 1. The smallest absolute Gasteiger partial charge is 0.430 e. The Hall–Kier alpha value is -2.86. The van der Waals surface area contributed by atoms with Crippen LogP contribution in [0.4, 0.5) is 4.79 Å². The molecule has 2 heterocycles. The molecule has 32 heavy (non-hydrogen) atoms. The third kappa shape index (κ3) is 5.88. The van der Waals surface area contributed by atoms with Crippen molar-refractivity contribution in [2.45, 2.75) is 50.7 Å². The summed E-state index contributed by atoms with van der Waals surface area (Å²) in [7, 11) is -4.41. The molecule has 11 nitrogen and oxygen atoms in total. The van der Waals surface area contributed by atoms with Crippen molar-refractivity contribution in [3.05, 3.63) is 24.4 Å². The molecule has 0 bridgehead atoms. The van der Waals surface area contributed by atoms with Crippen molar-refractivity contribution in [1.82, 2.24) is 10.3 Å². The zero-order chi connectivity index (χ0) is 23.9. The van der Waals surface area contributed by atoms with Crippen molar-refractivity contribution in [1.29, 1.82) is 0 Å². The van der Waals surface area contributed by atoms with Crippen LogP contribution in [0.1, 0.15) is 39.5 Å². The van der Waals surface area contributed by atoms with Gasteiger partial charge in [0.25, 0.3) is 0 Å². The van der Waals surface area contributed by atoms with Crippen molar-refractivity contribution >= 4 is 33.7 Å². The number of likely N-dealkylation sites (tertiary alicyclic amines) is 1. The first-order valence-electron chi connectivity index (χ1n) is 10.3. The molecule has 0 radical (unpaired) electrons. The van der Waals surface area contributed by atoms with Crippen LogP contribution >= 0.6 is 0 Å². The largest absolute Gasteiger partial charge is 0.454 e. The van der Waals surface area contributed by atoms with E-state index in [0.717, 1.165) is 0 Å². The lowest BCUT2D eigenvalue weighted by atomic mass is 10.1. The average molecular weight is 470 g/mol. The van der Waals surface area contributed by atoms with Crippen LogP contribution < -0.4 is 11.1 Å². The molecule has 2 rings (SSSR count). The average Bonchev–Trinajstić information content (AvgIpc) is 2.91. The lowest BCUT2D eigenvalue weighted by Gasteiger charge is -2.30. The number of amides is 3. The summed E-state index contributed by atoms with van der Waals surface area (Å²) in [4.78, 5) is 52.1. The molecular formula is C20H29N4O7S+. The normalized spacial score (nSPS) is 22.4. The number of carbonyl (C=O) groups excluding carboxylic acids is 4. The summed E-state index contributed by atoms with van der Waals surface area (Å²) >= 11 is 0. The third-order valence-corrected chi connectivity index (χ3v) is 7.52. The van der Waals surface area contributed by atoms with E-state index in [-0.39, 0.29) is 42.7 Å². The van der Waals surface area contributed by atoms with Crippen molar-refractivity contribution < 1.29 is 36.2 Å². The van der Waals surface area contributed by atoms with E-state index in [9.17, 15) is 27.6 Å². The van der Waals surface area contributed by atoms with Gasteiger partial charge in [0.05, 0.1) is 0 Å². The number of Topliss-reactive ketones (excluding diaryl/α,β-unsaturated/α-hetero) is 1. The first-order valence-corrected chi connectivity index (χ1v) is 11.7. The Morgan fingerprint density at radius 2 is 2.06 bits per heavy atom. The summed E-state index contributed by atoms with van der Waals surface area (Å²) < 4.78 is 30.4. The summed E-state index contributed by atoms with van der Waals surface area (Å²) in [5.74, 6) is -1.44. The van der Waals surface area contributed by atoms with Crippen LogP contribution in [0.3, 0.4) is 0 Å². The van der Waals surface area contributed by atoms with E-state index in [0.29, 0.717) is 13.0 Å². The molecule has 3 atom stereocenters. The van der Waals surface area contributed by atoms with E-state index in [1.54, 1.807) is 0 Å². The predicted octanol–water partition coefficient (Wildman–Crippen LogP) is 0.493. The molecule has 1 saturated heterocycles. The summed E-state index contributed by atoms with van der Waals surface area (Å²) in [5.41, 5.74) is 5.47. The fraction of sp³-hybridized carbons (Fsp3) is 0.550. The second kappa shape index (κ2) is 10.6. The summed E-state index contributed by atoms with van der Waals surface area (Å²) in [6.07, 6.45) is 0.782. The van der Waals surface area contributed by atoms with Crippen molar-refractivity contribution in [3.8, 4) is 0 Å². The van der Waals surface area contributed by atoms with Gasteiger partial charge in [-0.15, -0.1) is 3.89 Å². The number of nitrogens with one attached hydrogen (secondary N) is 1. The molecule has 1 aliphatic rings. The maximum absolute atomic E-state index is 13.2. The molecule has 0 saturated carbocycles. The first kappa shape index (κ1) is 25.4. The maximum Gasteiger partial charge on any atom is 0.430 e. The van der Waals surface area contributed by atoms with Crippen molar-refractivity contribution in [2.75, 3.05) is 19.6 Å². The number of hydrogen-bond donors (Lipinski definition) is 2. The van der Waals surface area contributed by atoms with Crippen molar-refractivity contribution in [2.24, 2.45) is 11.7 Å². The molecule has 1 aromatic rings. The standard InChI is InChI=1S/C20H28N4O7S/c1-14(12-23-15(2)25)8-9-19(27)31-17-6-5-11-24(20(21)28,13-16(17)26)32(29,30)18-7-3-4-10-22-18/h3-4,7,10,14,17H,5-6,8-9,11-13H2,1-2H3,(H2-,21,23,25,28)/p+1. The number of rotatable bonds is 8. The molecule has 3 N–H and O–H groups in total. The molecule has 0 spiro atoms. The van der Waals surface area contributed by atoms with E-state index in [2.05, 4.69) is 10.3 Å². The minimum Gasteiger partial charge on any atom is -0.454 e. The Balaban J connectivity index is 2.09. The van der Waals surface area contributed by atoms with Gasteiger partial charge in [0, 0.05) is 32.5 Å². The molecule has 3 amide bonds. The molecule has 1 aromatic heterocycles. The van der Waals surface area contributed by atoms with Crippen LogP contribution in [-0.4, -0.2) is 66.7 Å². The van der Waals surface area contributed by atoms with E-state index in [1.807, 2.05) is 6.92 Å². The number of nitrogens with two attached hydrogens (primary N) is 1. The van der Waals surface area contributed by atoms with E-state index >= 15 is 0 Å². The Labute approximate surface area is 186 Å². The monoisotopic (exact) mass is 469 g/mol. The molecular weight excluding hydrogens is 440 g/mol.